The zero-order valence-electron chi connectivity index (χ0n) is 9.73. The van der Waals surface area contributed by atoms with Gasteiger partial charge in [0, 0.05) is 24.6 Å². The summed E-state index contributed by atoms with van der Waals surface area (Å²) in [7, 11) is 0. The monoisotopic (exact) mass is 236 g/mol. The van der Waals surface area contributed by atoms with Gasteiger partial charge in [0.15, 0.2) is 11.5 Å². The van der Waals surface area contributed by atoms with E-state index in [1.54, 1.807) is 6.92 Å². The Morgan fingerprint density at radius 1 is 1.53 bits per heavy atom. The summed E-state index contributed by atoms with van der Waals surface area (Å²) in [6.07, 6.45) is 0.326. The Morgan fingerprint density at radius 2 is 2.35 bits per heavy atom. The smallest absolute Gasteiger partial charge is 0.231 e. The van der Waals surface area contributed by atoms with Crippen molar-refractivity contribution in [2.45, 2.75) is 25.9 Å². The lowest BCUT2D eigenvalue weighted by molar-refractivity contribution is -0.121. The van der Waals surface area contributed by atoms with Gasteiger partial charge in [-0.05, 0) is 13.0 Å². The fraction of sp³-hybridized carbons (Fsp3) is 0.417. The van der Waals surface area contributed by atoms with E-state index in [9.17, 15) is 4.79 Å². The van der Waals surface area contributed by atoms with Crippen molar-refractivity contribution in [1.82, 2.24) is 5.32 Å². The molecule has 0 saturated heterocycles. The average molecular weight is 236 g/mol. The number of carbonyl (C=O) groups excluding carboxylic acids is 1. The van der Waals surface area contributed by atoms with E-state index >= 15 is 0 Å². The molecule has 1 aliphatic heterocycles. The highest BCUT2D eigenvalue weighted by Crippen LogP contribution is 2.35. The standard InChI is InChI=1S/C12H16N2O3/c1-8(13)5-11(15)14-6-9-3-2-4-10-12(9)17-7-16-10/h2-4,8H,5-7,13H2,1H3,(H,14,15). The van der Waals surface area contributed by atoms with E-state index in [4.69, 9.17) is 15.2 Å². The Labute approximate surface area is 99.9 Å². The summed E-state index contributed by atoms with van der Waals surface area (Å²) in [6.45, 7) is 2.47. The Kier molecular flexibility index (Phi) is 3.49. The van der Waals surface area contributed by atoms with E-state index in [2.05, 4.69) is 5.32 Å². The molecule has 3 N–H and O–H groups in total. The predicted molar refractivity (Wildman–Crippen MR) is 62.7 cm³/mol. The summed E-state index contributed by atoms with van der Waals surface area (Å²) in [6, 6.07) is 5.49. The van der Waals surface area contributed by atoms with Crippen LogP contribution in [0, 0.1) is 0 Å². The maximum Gasteiger partial charge on any atom is 0.231 e. The van der Waals surface area contributed by atoms with Crippen LogP contribution in [0.15, 0.2) is 18.2 Å². The minimum atomic E-state index is -0.129. The van der Waals surface area contributed by atoms with Crippen LogP contribution in [0.3, 0.4) is 0 Å². The summed E-state index contributed by atoms with van der Waals surface area (Å²) >= 11 is 0. The molecule has 1 heterocycles. The first-order valence-electron chi connectivity index (χ1n) is 5.56. The van der Waals surface area contributed by atoms with Crippen molar-refractivity contribution in [2.75, 3.05) is 6.79 Å². The van der Waals surface area contributed by atoms with Gasteiger partial charge < -0.3 is 20.5 Å². The highest BCUT2D eigenvalue weighted by molar-refractivity contribution is 5.76. The Bertz CT molecular complexity index is 418. The van der Waals surface area contributed by atoms with Gasteiger partial charge in [-0.3, -0.25) is 4.79 Å². The molecule has 5 nitrogen and oxygen atoms in total. The van der Waals surface area contributed by atoms with Gasteiger partial charge in [0.05, 0.1) is 0 Å². The predicted octanol–water partition coefficient (Wildman–Crippen LogP) is 0.769. The molecule has 1 unspecified atom stereocenters. The number of amides is 1. The number of rotatable bonds is 4. The van der Waals surface area contributed by atoms with E-state index < -0.39 is 0 Å². The molecule has 1 aromatic carbocycles. The molecule has 0 fully saturated rings. The fourth-order valence-electron chi connectivity index (χ4n) is 1.69. The number of benzene rings is 1. The first-order chi connectivity index (χ1) is 8.16. The van der Waals surface area contributed by atoms with Crippen LogP contribution in [0.1, 0.15) is 18.9 Å². The molecular formula is C12H16N2O3. The summed E-state index contributed by atoms with van der Waals surface area (Å²) in [5, 5.41) is 2.81. The van der Waals surface area contributed by atoms with Gasteiger partial charge >= 0.3 is 0 Å². The molecule has 17 heavy (non-hydrogen) atoms. The van der Waals surface area contributed by atoms with Gasteiger partial charge in [-0.25, -0.2) is 0 Å². The van der Waals surface area contributed by atoms with Crippen LogP contribution in [0.4, 0.5) is 0 Å². The topological polar surface area (TPSA) is 73.6 Å². The van der Waals surface area contributed by atoms with E-state index in [1.165, 1.54) is 0 Å². The summed E-state index contributed by atoms with van der Waals surface area (Å²) in [5.74, 6) is 1.38. The molecular weight excluding hydrogens is 220 g/mol. The van der Waals surface area contributed by atoms with Crippen molar-refractivity contribution in [3.8, 4) is 11.5 Å². The van der Waals surface area contributed by atoms with Gasteiger partial charge in [0.1, 0.15) is 0 Å². The summed E-state index contributed by atoms with van der Waals surface area (Å²) < 4.78 is 10.6. The van der Waals surface area contributed by atoms with Crippen LogP contribution < -0.4 is 20.5 Å². The first kappa shape index (κ1) is 11.7. The molecule has 0 radical (unpaired) electrons. The van der Waals surface area contributed by atoms with E-state index in [-0.39, 0.29) is 18.7 Å². The van der Waals surface area contributed by atoms with Gasteiger partial charge in [0.25, 0.3) is 0 Å². The number of hydrogen-bond donors (Lipinski definition) is 2. The molecule has 0 spiro atoms. The third kappa shape index (κ3) is 2.88. The maximum absolute atomic E-state index is 11.5. The number of hydrogen-bond acceptors (Lipinski definition) is 4. The molecule has 0 bridgehead atoms. The second-order valence-corrected chi connectivity index (χ2v) is 4.11. The lowest BCUT2D eigenvalue weighted by atomic mass is 10.1. The van der Waals surface area contributed by atoms with E-state index in [0.29, 0.717) is 18.7 Å². The molecule has 2 rings (SSSR count). The van der Waals surface area contributed by atoms with Gasteiger partial charge in [-0.2, -0.15) is 0 Å². The number of carbonyl (C=O) groups is 1. The fourth-order valence-corrected chi connectivity index (χ4v) is 1.69. The van der Waals surface area contributed by atoms with Crippen LogP contribution >= 0.6 is 0 Å². The van der Waals surface area contributed by atoms with Crippen molar-refractivity contribution in [3.63, 3.8) is 0 Å². The minimum Gasteiger partial charge on any atom is -0.454 e. The van der Waals surface area contributed by atoms with Crippen molar-refractivity contribution >= 4 is 5.91 Å². The van der Waals surface area contributed by atoms with Gasteiger partial charge in [-0.15, -0.1) is 0 Å². The van der Waals surface area contributed by atoms with Gasteiger partial charge in [-0.1, -0.05) is 12.1 Å². The highest BCUT2D eigenvalue weighted by Gasteiger charge is 2.17. The Morgan fingerprint density at radius 3 is 3.12 bits per heavy atom. The molecule has 5 heteroatoms. The van der Waals surface area contributed by atoms with Crippen LogP contribution in [-0.4, -0.2) is 18.7 Å². The van der Waals surface area contributed by atoms with Crippen molar-refractivity contribution in [1.29, 1.82) is 0 Å². The van der Waals surface area contributed by atoms with E-state index in [0.717, 1.165) is 11.3 Å². The van der Waals surface area contributed by atoms with Crippen molar-refractivity contribution < 1.29 is 14.3 Å². The zero-order chi connectivity index (χ0) is 12.3. The molecule has 1 atom stereocenters. The molecule has 0 saturated carbocycles. The van der Waals surface area contributed by atoms with Crippen LogP contribution in [0.2, 0.25) is 0 Å². The second kappa shape index (κ2) is 5.05. The normalized spacial score (nSPS) is 14.5. The number of fused-ring (bicyclic) bond motifs is 1. The number of nitrogens with one attached hydrogen (secondary N) is 1. The molecule has 0 aliphatic carbocycles. The maximum atomic E-state index is 11.5. The summed E-state index contributed by atoms with van der Waals surface area (Å²) in [4.78, 5) is 11.5. The van der Waals surface area contributed by atoms with Crippen LogP contribution in [0.5, 0.6) is 11.5 Å². The molecule has 1 amide bonds. The lowest BCUT2D eigenvalue weighted by Gasteiger charge is -2.09. The SMILES string of the molecule is CC(N)CC(=O)NCc1cccc2c1OCO2. The zero-order valence-corrected chi connectivity index (χ0v) is 9.73. The number of para-hydroxylation sites is 1. The number of nitrogens with two attached hydrogens (primary N) is 1. The molecule has 0 aromatic heterocycles. The van der Waals surface area contributed by atoms with E-state index in [1.807, 2.05) is 18.2 Å². The lowest BCUT2D eigenvalue weighted by Crippen LogP contribution is -2.29. The third-order valence-electron chi connectivity index (χ3n) is 2.46. The van der Waals surface area contributed by atoms with Gasteiger partial charge in [0.2, 0.25) is 12.7 Å². The van der Waals surface area contributed by atoms with Crippen LogP contribution in [-0.2, 0) is 11.3 Å². The van der Waals surface area contributed by atoms with Crippen molar-refractivity contribution in [3.05, 3.63) is 23.8 Å². The molecule has 1 aromatic rings. The summed E-state index contributed by atoms with van der Waals surface area (Å²) in [5.41, 5.74) is 6.46. The Hall–Kier alpha value is -1.75. The van der Waals surface area contributed by atoms with Crippen molar-refractivity contribution in [2.24, 2.45) is 5.73 Å². The Balaban J connectivity index is 1.96. The minimum absolute atomic E-state index is 0.0588. The average Bonchev–Trinajstić information content (AvgIpc) is 2.73. The van der Waals surface area contributed by atoms with Crippen LogP contribution in [0.25, 0.3) is 0 Å². The molecule has 1 aliphatic rings. The first-order valence-corrected chi connectivity index (χ1v) is 5.56. The second-order valence-electron chi connectivity index (χ2n) is 4.11. The highest BCUT2D eigenvalue weighted by atomic mass is 16.7. The quantitative estimate of drug-likeness (QED) is 0.809. The molecule has 92 valence electrons. The third-order valence-corrected chi connectivity index (χ3v) is 2.46. The number of ether oxygens (including phenoxy) is 2. The largest absolute Gasteiger partial charge is 0.454 e.